The molecule has 1 aromatic rings. The van der Waals surface area contributed by atoms with E-state index >= 15 is 0 Å². The molecule has 0 heterocycles. The molecule has 5 heteroatoms. The second kappa shape index (κ2) is 7.73. The molecule has 0 amide bonds. The van der Waals surface area contributed by atoms with Crippen molar-refractivity contribution >= 4 is 5.97 Å². The molecule has 96 valence electrons. The molecular weight excluding hydrogens is 228 g/mol. The van der Waals surface area contributed by atoms with Crippen molar-refractivity contribution < 1.29 is 18.3 Å². The maximum absolute atomic E-state index is 12.9. The van der Waals surface area contributed by atoms with Crippen LogP contribution in [-0.2, 0) is 4.74 Å². The average molecular weight is 245 g/mol. The first kappa shape index (κ1) is 15.5. The van der Waals surface area contributed by atoms with Crippen molar-refractivity contribution in [3.63, 3.8) is 0 Å². The van der Waals surface area contributed by atoms with Gasteiger partial charge in [-0.3, -0.25) is 0 Å². The Kier molecular flexibility index (Phi) is 7.05. The van der Waals surface area contributed by atoms with E-state index in [4.69, 9.17) is 5.73 Å². The molecule has 0 aliphatic rings. The zero-order valence-corrected chi connectivity index (χ0v) is 10.2. The lowest BCUT2D eigenvalue weighted by Crippen LogP contribution is -2.08. The van der Waals surface area contributed by atoms with Gasteiger partial charge in [-0.05, 0) is 25.1 Å². The second-order valence-corrected chi connectivity index (χ2v) is 3.57. The zero-order chi connectivity index (χ0) is 13.4. The number of esters is 1. The molecule has 0 aromatic heterocycles. The number of hydrogen-bond donors (Lipinski definition) is 1. The fraction of sp³-hybridized carbons (Fsp3) is 0.417. The molecule has 0 spiro atoms. The Bertz CT molecular complexity index is 365. The highest BCUT2D eigenvalue weighted by molar-refractivity contribution is 5.89. The van der Waals surface area contributed by atoms with Crippen LogP contribution < -0.4 is 5.73 Å². The minimum absolute atomic E-state index is 0.134. The molecule has 0 aliphatic carbocycles. The first-order valence-electron chi connectivity index (χ1n) is 5.26. The van der Waals surface area contributed by atoms with E-state index in [-0.39, 0.29) is 12.2 Å². The third-order valence-electron chi connectivity index (χ3n) is 1.45. The summed E-state index contributed by atoms with van der Waals surface area (Å²) < 4.78 is 30.0. The summed E-state index contributed by atoms with van der Waals surface area (Å²) in [5.74, 6) is -3.06. The zero-order valence-electron chi connectivity index (χ0n) is 10.2. The Morgan fingerprint density at radius 3 is 2.41 bits per heavy atom. The van der Waals surface area contributed by atoms with E-state index < -0.39 is 17.6 Å². The SMILES string of the molecule is CC(C)N.CCOC(=O)c1cccc(F)c1F. The molecule has 0 unspecified atom stereocenters. The van der Waals surface area contributed by atoms with Crippen LogP contribution >= 0.6 is 0 Å². The third kappa shape index (κ3) is 5.97. The van der Waals surface area contributed by atoms with Crippen molar-refractivity contribution in [1.29, 1.82) is 0 Å². The van der Waals surface area contributed by atoms with Gasteiger partial charge in [0, 0.05) is 0 Å². The Morgan fingerprint density at radius 2 is 1.94 bits per heavy atom. The molecule has 0 bridgehead atoms. The van der Waals surface area contributed by atoms with Crippen molar-refractivity contribution in [2.75, 3.05) is 6.61 Å². The summed E-state index contributed by atoms with van der Waals surface area (Å²) in [5.41, 5.74) is 4.74. The normalized spacial score (nSPS) is 9.59. The van der Waals surface area contributed by atoms with Gasteiger partial charge in [0.25, 0.3) is 0 Å². The Balaban J connectivity index is 0.000000557. The molecule has 0 radical (unpaired) electrons. The lowest BCUT2D eigenvalue weighted by atomic mass is 10.2. The van der Waals surface area contributed by atoms with Gasteiger partial charge in [0.1, 0.15) is 0 Å². The van der Waals surface area contributed by atoms with Crippen molar-refractivity contribution in [3.05, 3.63) is 35.4 Å². The molecule has 1 aromatic carbocycles. The van der Waals surface area contributed by atoms with Gasteiger partial charge in [0.15, 0.2) is 11.6 Å². The molecule has 0 saturated heterocycles. The first-order valence-corrected chi connectivity index (χ1v) is 5.26. The Hall–Kier alpha value is -1.49. The summed E-state index contributed by atoms with van der Waals surface area (Å²) in [4.78, 5) is 11.0. The average Bonchev–Trinajstić information content (AvgIpc) is 2.21. The topological polar surface area (TPSA) is 52.3 Å². The minimum atomic E-state index is -1.17. The third-order valence-corrected chi connectivity index (χ3v) is 1.45. The predicted molar refractivity (Wildman–Crippen MR) is 61.6 cm³/mol. The highest BCUT2D eigenvalue weighted by atomic mass is 19.2. The standard InChI is InChI=1S/C9H8F2O2.C3H9N/c1-2-13-9(12)6-4-3-5-7(10)8(6)11;1-3(2)4/h3-5H,2H2,1H3;3H,4H2,1-2H3. The number of benzene rings is 1. The minimum Gasteiger partial charge on any atom is -0.462 e. The largest absolute Gasteiger partial charge is 0.462 e. The van der Waals surface area contributed by atoms with Gasteiger partial charge in [-0.2, -0.15) is 0 Å². The summed E-state index contributed by atoms with van der Waals surface area (Å²) in [6, 6.07) is 3.71. The Labute approximate surface area is 99.6 Å². The molecular formula is C12H17F2NO2. The van der Waals surface area contributed by atoms with E-state index in [1.165, 1.54) is 12.1 Å². The van der Waals surface area contributed by atoms with Crippen LogP contribution in [0.4, 0.5) is 8.78 Å². The van der Waals surface area contributed by atoms with Gasteiger partial charge >= 0.3 is 5.97 Å². The van der Waals surface area contributed by atoms with Crippen molar-refractivity contribution in [2.24, 2.45) is 5.73 Å². The van der Waals surface area contributed by atoms with Gasteiger partial charge in [0.2, 0.25) is 0 Å². The lowest BCUT2D eigenvalue weighted by Gasteiger charge is -2.02. The fourth-order valence-corrected chi connectivity index (χ4v) is 0.870. The maximum Gasteiger partial charge on any atom is 0.341 e. The van der Waals surface area contributed by atoms with Crippen molar-refractivity contribution in [1.82, 2.24) is 0 Å². The Morgan fingerprint density at radius 1 is 1.41 bits per heavy atom. The number of halogens is 2. The number of carbonyl (C=O) groups is 1. The van der Waals surface area contributed by atoms with E-state index in [0.717, 1.165) is 6.07 Å². The van der Waals surface area contributed by atoms with E-state index in [9.17, 15) is 13.6 Å². The van der Waals surface area contributed by atoms with E-state index in [1.54, 1.807) is 6.92 Å². The van der Waals surface area contributed by atoms with Gasteiger partial charge in [0.05, 0.1) is 12.2 Å². The smallest absolute Gasteiger partial charge is 0.341 e. The summed E-state index contributed by atoms with van der Waals surface area (Å²) in [7, 11) is 0. The highest BCUT2D eigenvalue weighted by Gasteiger charge is 2.15. The number of hydrogen-bond acceptors (Lipinski definition) is 3. The molecule has 0 saturated carbocycles. The summed E-state index contributed by atoms with van der Waals surface area (Å²) >= 11 is 0. The summed E-state index contributed by atoms with van der Waals surface area (Å²) in [5, 5.41) is 0. The summed E-state index contributed by atoms with van der Waals surface area (Å²) in [6.07, 6.45) is 0. The molecule has 3 nitrogen and oxygen atoms in total. The van der Waals surface area contributed by atoms with Crippen LogP contribution in [0, 0.1) is 11.6 Å². The number of nitrogens with two attached hydrogens (primary N) is 1. The fourth-order valence-electron chi connectivity index (χ4n) is 0.870. The van der Waals surface area contributed by atoms with E-state index in [0.29, 0.717) is 6.04 Å². The highest BCUT2D eigenvalue weighted by Crippen LogP contribution is 2.12. The number of rotatable bonds is 2. The second-order valence-electron chi connectivity index (χ2n) is 3.57. The molecule has 0 aliphatic heterocycles. The van der Waals surface area contributed by atoms with Gasteiger partial charge in [-0.25, -0.2) is 13.6 Å². The maximum atomic E-state index is 12.9. The van der Waals surface area contributed by atoms with Crippen LogP contribution in [0.3, 0.4) is 0 Å². The van der Waals surface area contributed by atoms with E-state index in [2.05, 4.69) is 4.74 Å². The van der Waals surface area contributed by atoms with Crippen molar-refractivity contribution in [2.45, 2.75) is 26.8 Å². The van der Waals surface area contributed by atoms with Crippen LogP contribution in [0.2, 0.25) is 0 Å². The molecule has 2 N–H and O–H groups in total. The summed E-state index contributed by atoms with van der Waals surface area (Å²) in [6.45, 7) is 5.61. The molecule has 1 rings (SSSR count). The quantitative estimate of drug-likeness (QED) is 0.814. The van der Waals surface area contributed by atoms with Crippen LogP contribution in [0.25, 0.3) is 0 Å². The van der Waals surface area contributed by atoms with Crippen LogP contribution in [0.5, 0.6) is 0 Å². The molecule has 0 fully saturated rings. The van der Waals surface area contributed by atoms with Gasteiger partial charge < -0.3 is 10.5 Å². The van der Waals surface area contributed by atoms with Gasteiger partial charge in [-0.1, -0.05) is 19.9 Å². The predicted octanol–water partition coefficient (Wildman–Crippen LogP) is 2.50. The van der Waals surface area contributed by atoms with Crippen LogP contribution in [0.1, 0.15) is 31.1 Å². The number of carbonyl (C=O) groups excluding carboxylic acids is 1. The molecule has 0 atom stereocenters. The lowest BCUT2D eigenvalue weighted by molar-refractivity contribution is 0.0520. The number of ether oxygens (including phenoxy) is 1. The van der Waals surface area contributed by atoms with Gasteiger partial charge in [-0.15, -0.1) is 0 Å². The van der Waals surface area contributed by atoms with Crippen LogP contribution in [0.15, 0.2) is 18.2 Å². The van der Waals surface area contributed by atoms with Crippen molar-refractivity contribution in [3.8, 4) is 0 Å². The van der Waals surface area contributed by atoms with Crippen LogP contribution in [-0.4, -0.2) is 18.6 Å². The monoisotopic (exact) mass is 245 g/mol. The van der Waals surface area contributed by atoms with E-state index in [1.807, 2.05) is 13.8 Å². The first-order chi connectivity index (χ1) is 7.90. The molecule has 17 heavy (non-hydrogen) atoms.